The third kappa shape index (κ3) is 4.14. The number of nitrogens with zero attached hydrogens (tertiary/aromatic N) is 1. The molecule has 23 heavy (non-hydrogen) atoms. The molecule has 0 N–H and O–H groups in total. The topological polar surface area (TPSA) is 77.5 Å². The molecular formula is C16H15FNO4S-. The van der Waals surface area contributed by atoms with Crippen LogP contribution in [0.2, 0.25) is 0 Å². The molecule has 0 saturated heterocycles. The molecule has 0 aliphatic heterocycles. The lowest BCUT2D eigenvalue weighted by Gasteiger charge is -2.23. The highest BCUT2D eigenvalue weighted by atomic mass is 32.2. The van der Waals surface area contributed by atoms with Crippen LogP contribution in [-0.4, -0.2) is 25.2 Å². The molecule has 2 aromatic carbocycles. The Hall–Kier alpha value is -2.25. The molecule has 0 atom stereocenters. The highest BCUT2D eigenvalue weighted by Crippen LogP contribution is 2.19. The van der Waals surface area contributed by atoms with Crippen LogP contribution >= 0.6 is 0 Å². The molecule has 122 valence electrons. The summed E-state index contributed by atoms with van der Waals surface area (Å²) in [5.41, 5.74) is 0.953. The zero-order valence-electron chi connectivity index (χ0n) is 12.4. The zero-order valence-corrected chi connectivity index (χ0v) is 13.2. The first-order valence-corrected chi connectivity index (χ1v) is 8.25. The monoisotopic (exact) mass is 336 g/mol. The predicted octanol–water partition coefficient (Wildman–Crippen LogP) is 1.07. The summed E-state index contributed by atoms with van der Waals surface area (Å²) < 4.78 is 39.6. The molecule has 2 aromatic rings. The zero-order chi connectivity index (χ0) is 17.0. The number of hydrogen-bond acceptors (Lipinski definition) is 4. The molecule has 0 unspecified atom stereocenters. The first-order valence-electron chi connectivity index (χ1n) is 6.81. The number of aliphatic carboxylic acids is 1. The molecule has 0 aliphatic carbocycles. The molecule has 0 amide bonds. The van der Waals surface area contributed by atoms with Gasteiger partial charge in [-0.15, -0.1) is 0 Å². The molecule has 2 rings (SSSR count). The molecule has 0 heterocycles. The fourth-order valence-corrected chi connectivity index (χ4v) is 3.41. The van der Waals surface area contributed by atoms with E-state index >= 15 is 0 Å². The van der Waals surface area contributed by atoms with Gasteiger partial charge in [-0.1, -0.05) is 35.9 Å². The van der Waals surface area contributed by atoms with Gasteiger partial charge in [-0.25, -0.2) is 12.8 Å². The van der Waals surface area contributed by atoms with E-state index in [0.717, 1.165) is 5.56 Å². The SMILES string of the molecule is Cc1ccc(S(=O)(=O)N(CC(=O)[O-])Cc2ccccc2F)cc1. The van der Waals surface area contributed by atoms with Crippen molar-refractivity contribution in [3.8, 4) is 0 Å². The van der Waals surface area contributed by atoms with Crippen LogP contribution in [0, 0.1) is 12.7 Å². The molecular weight excluding hydrogens is 321 g/mol. The Morgan fingerprint density at radius 2 is 1.74 bits per heavy atom. The predicted molar refractivity (Wildman–Crippen MR) is 80.2 cm³/mol. The fraction of sp³-hybridized carbons (Fsp3) is 0.188. The molecule has 0 aliphatic rings. The maximum Gasteiger partial charge on any atom is 0.243 e. The van der Waals surface area contributed by atoms with Crippen molar-refractivity contribution in [2.75, 3.05) is 6.54 Å². The molecule has 0 fully saturated rings. The van der Waals surface area contributed by atoms with E-state index in [-0.39, 0.29) is 10.5 Å². The first-order chi connectivity index (χ1) is 10.8. The van der Waals surface area contributed by atoms with Crippen molar-refractivity contribution in [3.63, 3.8) is 0 Å². The minimum Gasteiger partial charge on any atom is -0.549 e. The van der Waals surface area contributed by atoms with Gasteiger partial charge in [-0.3, -0.25) is 0 Å². The van der Waals surface area contributed by atoms with Crippen LogP contribution < -0.4 is 5.11 Å². The minimum atomic E-state index is -4.08. The number of carboxylic acids is 1. The van der Waals surface area contributed by atoms with Gasteiger partial charge < -0.3 is 9.90 Å². The van der Waals surface area contributed by atoms with E-state index in [0.29, 0.717) is 4.31 Å². The Balaban J connectivity index is 2.39. The van der Waals surface area contributed by atoms with E-state index in [1.54, 1.807) is 25.1 Å². The third-order valence-corrected chi connectivity index (χ3v) is 5.07. The third-order valence-electron chi connectivity index (χ3n) is 3.27. The summed E-state index contributed by atoms with van der Waals surface area (Å²) >= 11 is 0. The van der Waals surface area contributed by atoms with Crippen LogP contribution in [0.15, 0.2) is 53.4 Å². The summed E-state index contributed by atoms with van der Waals surface area (Å²) in [5, 5.41) is 10.9. The van der Waals surface area contributed by atoms with Gasteiger partial charge >= 0.3 is 0 Å². The van der Waals surface area contributed by atoms with Crippen LogP contribution in [0.4, 0.5) is 4.39 Å². The average molecular weight is 336 g/mol. The maximum atomic E-state index is 13.7. The lowest BCUT2D eigenvalue weighted by atomic mass is 10.2. The van der Waals surface area contributed by atoms with Crippen LogP contribution in [-0.2, 0) is 21.4 Å². The normalized spacial score (nSPS) is 11.6. The first kappa shape index (κ1) is 17.1. The standard InChI is InChI=1S/C16H16FNO4S/c1-12-6-8-14(9-7-12)23(21,22)18(11-16(19)20)10-13-4-2-3-5-15(13)17/h2-9H,10-11H2,1H3,(H,19,20)/p-1. The number of carbonyl (C=O) groups is 1. The Morgan fingerprint density at radius 1 is 1.13 bits per heavy atom. The summed E-state index contributed by atoms with van der Waals surface area (Å²) in [5.74, 6) is -2.16. The van der Waals surface area contributed by atoms with Crippen molar-refractivity contribution in [3.05, 3.63) is 65.5 Å². The molecule has 5 nitrogen and oxygen atoms in total. The second-order valence-electron chi connectivity index (χ2n) is 5.05. The number of aryl methyl sites for hydroxylation is 1. The van der Waals surface area contributed by atoms with Crippen LogP contribution in [0.5, 0.6) is 0 Å². The van der Waals surface area contributed by atoms with E-state index in [1.807, 2.05) is 0 Å². The van der Waals surface area contributed by atoms with Crippen LogP contribution in [0.3, 0.4) is 0 Å². The lowest BCUT2D eigenvalue weighted by molar-refractivity contribution is -0.305. The highest BCUT2D eigenvalue weighted by molar-refractivity contribution is 7.89. The summed E-state index contributed by atoms with van der Waals surface area (Å²) in [6.45, 7) is 0.552. The van der Waals surface area contributed by atoms with Crippen molar-refractivity contribution in [2.45, 2.75) is 18.4 Å². The summed E-state index contributed by atoms with van der Waals surface area (Å²) in [6.07, 6.45) is 0. The van der Waals surface area contributed by atoms with Crippen LogP contribution in [0.25, 0.3) is 0 Å². The molecule has 0 spiro atoms. The Bertz CT molecular complexity index is 803. The molecule has 0 aromatic heterocycles. The Kier molecular flexibility index (Phi) is 5.12. The number of carbonyl (C=O) groups excluding carboxylic acids is 1. The largest absolute Gasteiger partial charge is 0.549 e. The van der Waals surface area contributed by atoms with Crippen molar-refractivity contribution in [1.29, 1.82) is 0 Å². The number of halogens is 1. The van der Waals surface area contributed by atoms with Gasteiger partial charge in [0, 0.05) is 12.1 Å². The Labute approximate surface area is 134 Å². The van der Waals surface area contributed by atoms with Crippen molar-refractivity contribution in [1.82, 2.24) is 4.31 Å². The number of rotatable bonds is 6. The average Bonchev–Trinajstić information content (AvgIpc) is 2.48. The number of benzene rings is 2. The maximum absolute atomic E-state index is 13.7. The molecule has 0 bridgehead atoms. The second kappa shape index (κ2) is 6.89. The van der Waals surface area contributed by atoms with Gasteiger partial charge in [0.2, 0.25) is 10.0 Å². The van der Waals surface area contributed by atoms with Gasteiger partial charge in [0.1, 0.15) is 5.82 Å². The number of sulfonamides is 1. The number of hydrogen-bond donors (Lipinski definition) is 0. The fourth-order valence-electron chi connectivity index (χ4n) is 2.05. The Morgan fingerprint density at radius 3 is 2.30 bits per heavy atom. The van der Waals surface area contributed by atoms with Crippen molar-refractivity contribution in [2.24, 2.45) is 0 Å². The van der Waals surface area contributed by atoms with Gasteiger partial charge in [-0.2, -0.15) is 4.31 Å². The number of carboxylic acid groups (broad SMARTS) is 1. The van der Waals surface area contributed by atoms with Gasteiger partial charge in [-0.05, 0) is 25.1 Å². The van der Waals surface area contributed by atoms with Crippen LogP contribution in [0.1, 0.15) is 11.1 Å². The summed E-state index contributed by atoms with van der Waals surface area (Å²) in [7, 11) is -4.08. The summed E-state index contributed by atoms with van der Waals surface area (Å²) in [6, 6.07) is 11.6. The lowest BCUT2D eigenvalue weighted by Crippen LogP contribution is -2.41. The quantitative estimate of drug-likeness (QED) is 0.791. The van der Waals surface area contributed by atoms with Gasteiger partial charge in [0.25, 0.3) is 0 Å². The van der Waals surface area contributed by atoms with Gasteiger partial charge in [0.05, 0.1) is 17.4 Å². The van der Waals surface area contributed by atoms with E-state index in [2.05, 4.69) is 0 Å². The molecule has 7 heteroatoms. The smallest absolute Gasteiger partial charge is 0.243 e. The van der Waals surface area contributed by atoms with E-state index in [4.69, 9.17) is 0 Å². The minimum absolute atomic E-state index is 0.0549. The van der Waals surface area contributed by atoms with E-state index < -0.39 is 34.9 Å². The second-order valence-corrected chi connectivity index (χ2v) is 6.99. The summed E-state index contributed by atoms with van der Waals surface area (Å²) in [4.78, 5) is 10.9. The van der Waals surface area contributed by atoms with E-state index in [9.17, 15) is 22.7 Å². The highest BCUT2D eigenvalue weighted by Gasteiger charge is 2.25. The van der Waals surface area contributed by atoms with Crippen molar-refractivity contribution < 1.29 is 22.7 Å². The van der Waals surface area contributed by atoms with Crippen molar-refractivity contribution >= 4 is 16.0 Å². The van der Waals surface area contributed by atoms with E-state index in [1.165, 1.54) is 30.3 Å². The van der Waals surface area contributed by atoms with Gasteiger partial charge in [0.15, 0.2) is 0 Å². The molecule has 0 radical (unpaired) electrons. The molecule has 0 saturated carbocycles.